The van der Waals surface area contributed by atoms with E-state index in [2.05, 4.69) is 4.72 Å². The molecular formula is C19H16ClNO2S. The highest BCUT2D eigenvalue weighted by molar-refractivity contribution is 7.89. The Kier molecular flexibility index (Phi) is 5.00. The van der Waals surface area contributed by atoms with Gasteiger partial charge in [-0.3, -0.25) is 0 Å². The summed E-state index contributed by atoms with van der Waals surface area (Å²) in [4.78, 5) is 0.198. The van der Waals surface area contributed by atoms with Gasteiger partial charge in [-0.25, -0.2) is 13.1 Å². The molecule has 0 aliphatic carbocycles. The molecule has 0 aliphatic rings. The third-order valence-corrected chi connectivity index (χ3v) is 5.35. The van der Waals surface area contributed by atoms with Gasteiger partial charge in [0.05, 0.1) is 4.90 Å². The average Bonchev–Trinajstić information content (AvgIpc) is 2.61. The van der Waals surface area contributed by atoms with Crippen molar-refractivity contribution in [3.05, 3.63) is 89.4 Å². The summed E-state index contributed by atoms with van der Waals surface area (Å²) < 4.78 is 27.5. The third kappa shape index (κ3) is 3.85. The van der Waals surface area contributed by atoms with Crippen LogP contribution in [0.15, 0.2) is 83.8 Å². The molecule has 122 valence electrons. The van der Waals surface area contributed by atoms with Gasteiger partial charge >= 0.3 is 0 Å². The summed E-state index contributed by atoms with van der Waals surface area (Å²) >= 11 is 5.81. The largest absolute Gasteiger partial charge is 0.240 e. The Labute approximate surface area is 147 Å². The fourth-order valence-electron chi connectivity index (χ4n) is 2.44. The predicted molar refractivity (Wildman–Crippen MR) is 97.4 cm³/mol. The van der Waals surface area contributed by atoms with Gasteiger partial charge in [0.15, 0.2) is 0 Å². The van der Waals surface area contributed by atoms with E-state index in [9.17, 15) is 8.42 Å². The van der Waals surface area contributed by atoms with Gasteiger partial charge in [0.25, 0.3) is 0 Å². The topological polar surface area (TPSA) is 46.2 Å². The maximum absolute atomic E-state index is 12.4. The Morgan fingerprint density at radius 3 is 2.12 bits per heavy atom. The monoisotopic (exact) mass is 357 g/mol. The van der Waals surface area contributed by atoms with Crippen LogP contribution in [0.25, 0.3) is 11.1 Å². The van der Waals surface area contributed by atoms with Crippen molar-refractivity contribution in [3.63, 3.8) is 0 Å². The Bertz CT molecular complexity index is 923. The van der Waals surface area contributed by atoms with Crippen LogP contribution in [0.3, 0.4) is 0 Å². The van der Waals surface area contributed by atoms with Gasteiger partial charge in [-0.2, -0.15) is 0 Å². The second-order valence-electron chi connectivity index (χ2n) is 5.30. The minimum atomic E-state index is -3.58. The SMILES string of the molecule is O=S(=O)(NCc1ccccc1-c1ccccc1)c1ccc(Cl)cc1. The molecule has 3 aromatic rings. The van der Waals surface area contributed by atoms with Crippen LogP contribution in [0.1, 0.15) is 5.56 Å². The van der Waals surface area contributed by atoms with Crippen LogP contribution in [0, 0.1) is 0 Å². The lowest BCUT2D eigenvalue weighted by atomic mass is 10.00. The Morgan fingerprint density at radius 2 is 1.42 bits per heavy atom. The lowest BCUT2D eigenvalue weighted by Gasteiger charge is -2.11. The van der Waals surface area contributed by atoms with Crippen LogP contribution in [0.2, 0.25) is 5.02 Å². The molecule has 0 aliphatic heterocycles. The molecule has 3 rings (SSSR count). The van der Waals surface area contributed by atoms with E-state index in [1.54, 1.807) is 12.1 Å². The summed E-state index contributed by atoms with van der Waals surface area (Å²) in [6, 6.07) is 23.8. The van der Waals surface area contributed by atoms with E-state index < -0.39 is 10.0 Å². The highest BCUT2D eigenvalue weighted by Crippen LogP contribution is 2.23. The van der Waals surface area contributed by atoms with Crippen molar-refractivity contribution in [2.75, 3.05) is 0 Å². The molecule has 0 radical (unpaired) electrons. The van der Waals surface area contributed by atoms with Crippen molar-refractivity contribution in [3.8, 4) is 11.1 Å². The molecule has 1 N–H and O–H groups in total. The average molecular weight is 358 g/mol. The minimum absolute atomic E-state index is 0.198. The Morgan fingerprint density at radius 1 is 0.792 bits per heavy atom. The van der Waals surface area contributed by atoms with E-state index >= 15 is 0 Å². The van der Waals surface area contributed by atoms with Gasteiger partial charge in [-0.15, -0.1) is 0 Å². The first-order valence-corrected chi connectivity index (χ1v) is 9.31. The van der Waals surface area contributed by atoms with Crippen LogP contribution >= 0.6 is 11.6 Å². The lowest BCUT2D eigenvalue weighted by molar-refractivity contribution is 0.581. The van der Waals surface area contributed by atoms with E-state index in [0.717, 1.165) is 16.7 Å². The molecule has 0 aromatic heterocycles. The first kappa shape index (κ1) is 16.7. The Balaban J connectivity index is 1.84. The fraction of sp³-hybridized carbons (Fsp3) is 0.0526. The zero-order valence-electron chi connectivity index (χ0n) is 12.8. The summed E-state index contributed by atoms with van der Waals surface area (Å²) in [5, 5.41) is 0.503. The molecule has 0 heterocycles. The Hall–Kier alpha value is -2.14. The van der Waals surface area contributed by atoms with Crippen LogP contribution < -0.4 is 4.72 Å². The maximum atomic E-state index is 12.4. The molecule has 0 amide bonds. The van der Waals surface area contributed by atoms with E-state index in [-0.39, 0.29) is 11.4 Å². The first-order valence-electron chi connectivity index (χ1n) is 7.45. The highest BCUT2D eigenvalue weighted by Gasteiger charge is 2.14. The second kappa shape index (κ2) is 7.18. The van der Waals surface area contributed by atoms with Gasteiger partial charge < -0.3 is 0 Å². The molecule has 0 spiro atoms. The van der Waals surface area contributed by atoms with Crippen molar-refractivity contribution in [2.45, 2.75) is 11.4 Å². The standard InChI is InChI=1S/C19H16ClNO2S/c20-17-10-12-18(13-11-17)24(22,23)21-14-16-8-4-5-9-19(16)15-6-2-1-3-7-15/h1-13,21H,14H2. The van der Waals surface area contributed by atoms with Crippen molar-refractivity contribution in [1.29, 1.82) is 0 Å². The molecular weight excluding hydrogens is 342 g/mol. The zero-order valence-corrected chi connectivity index (χ0v) is 14.4. The molecule has 5 heteroatoms. The van der Waals surface area contributed by atoms with Gasteiger partial charge in [0, 0.05) is 11.6 Å². The molecule has 0 atom stereocenters. The number of halogens is 1. The first-order chi connectivity index (χ1) is 11.6. The zero-order chi connectivity index (χ0) is 17.0. The van der Waals surface area contributed by atoms with Crippen molar-refractivity contribution in [2.24, 2.45) is 0 Å². The highest BCUT2D eigenvalue weighted by atomic mass is 35.5. The second-order valence-corrected chi connectivity index (χ2v) is 7.51. The van der Waals surface area contributed by atoms with E-state index in [4.69, 9.17) is 11.6 Å². The van der Waals surface area contributed by atoms with Gasteiger partial charge in [-0.1, -0.05) is 66.2 Å². The molecule has 24 heavy (non-hydrogen) atoms. The van der Waals surface area contributed by atoms with E-state index in [1.165, 1.54) is 12.1 Å². The van der Waals surface area contributed by atoms with Crippen LogP contribution in [0.5, 0.6) is 0 Å². The van der Waals surface area contributed by atoms with Crippen molar-refractivity contribution < 1.29 is 8.42 Å². The number of rotatable bonds is 5. The molecule has 0 saturated carbocycles. The summed E-state index contributed by atoms with van der Waals surface area (Å²) in [5.41, 5.74) is 2.98. The van der Waals surface area contributed by atoms with E-state index in [1.807, 2.05) is 54.6 Å². The van der Waals surface area contributed by atoms with Crippen LogP contribution in [-0.2, 0) is 16.6 Å². The normalized spacial score (nSPS) is 11.4. The summed E-state index contributed by atoms with van der Waals surface area (Å²) in [6.45, 7) is 0.218. The number of hydrogen-bond donors (Lipinski definition) is 1. The number of sulfonamides is 1. The lowest BCUT2D eigenvalue weighted by Crippen LogP contribution is -2.23. The summed E-state index contributed by atoms with van der Waals surface area (Å²) in [7, 11) is -3.58. The fourth-order valence-corrected chi connectivity index (χ4v) is 3.58. The van der Waals surface area contributed by atoms with E-state index in [0.29, 0.717) is 5.02 Å². The van der Waals surface area contributed by atoms with Crippen molar-refractivity contribution >= 4 is 21.6 Å². The van der Waals surface area contributed by atoms with Gasteiger partial charge in [0.2, 0.25) is 10.0 Å². The molecule has 0 unspecified atom stereocenters. The van der Waals surface area contributed by atoms with Gasteiger partial charge in [-0.05, 0) is 41.0 Å². The molecule has 3 aromatic carbocycles. The molecule has 0 fully saturated rings. The molecule has 0 saturated heterocycles. The third-order valence-electron chi connectivity index (χ3n) is 3.68. The smallest absolute Gasteiger partial charge is 0.207 e. The molecule has 0 bridgehead atoms. The number of benzene rings is 3. The van der Waals surface area contributed by atoms with Crippen LogP contribution in [0.4, 0.5) is 0 Å². The predicted octanol–water partition coefficient (Wildman–Crippen LogP) is 4.49. The summed E-state index contributed by atoms with van der Waals surface area (Å²) in [5.74, 6) is 0. The minimum Gasteiger partial charge on any atom is -0.207 e. The maximum Gasteiger partial charge on any atom is 0.240 e. The molecule has 3 nitrogen and oxygen atoms in total. The van der Waals surface area contributed by atoms with Gasteiger partial charge in [0.1, 0.15) is 0 Å². The number of nitrogens with one attached hydrogen (secondary N) is 1. The van der Waals surface area contributed by atoms with Crippen LogP contribution in [-0.4, -0.2) is 8.42 Å². The van der Waals surface area contributed by atoms with Crippen molar-refractivity contribution in [1.82, 2.24) is 4.72 Å². The number of hydrogen-bond acceptors (Lipinski definition) is 2. The quantitative estimate of drug-likeness (QED) is 0.731. The summed E-state index contributed by atoms with van der Waals surface area (Å²) in [6.07, 6.45) is 0.